The minimum Gasteiger partial charge on any atom is -0.375 e. The van der Waals surface area contributed by atoms with Crippen molar-refractivity contribution in [3.8, 4) is 0 Å². The number of hydrogen-bond donors (Lipinski definition) is 0. The third-order valence-corrected chi connectivity index (χ3v) is 4.54. The van der Waals surface area contributed by atoms with Gasteiger partial charge in [-0.3, -0.25) is 14.4 Å². The minimum atomic E-state index is -2.29. The Morgan fingerprint density at radius 2 is 0.840 bits per heavy atom. The molecule has 0 atom stereocenters. The molecular weight excluding hydrogens is 343 g/mol. The Morgan fingerprint density at radius 3 is 1.08 bits per heavy atom. The van der Waals surface area contributed by atoms with E-state index in [9.17, 15) is 14.4 Å². The van der Waals surface area contributed by atoms with Gasteiger partial charge in [-0.15, -0.1) is 0 Å². The van der Waals surface area contributed by atoms with E-state index in [1.54, 1.807) is 0 Å². The molecule has 25 heavy (non-hydrogen) atoms. The highest BCUT2D eigenvalue weighted by Gasteiger charge is 2.27. The zero-order chi connectivity index (χ0) is 18.9. The molecule has 0 aromatic heterocycles. The van der Waals surface area contributed by atoms with Crippen LogP contribution in [-0.4, -0.2) is 17.9 Å². The van der Waals surface area contributed by atoms with Crippen LogP contribution < -0.4 is 0 Å². The normalized spacial score (nSPS) is 10.6. The van der Waals surface area contributed by atoms with Crippen LogP contribution in [0.2, 0.25) is 0 Å². The summed E-state index contributed by atoms with van der Waals surface area (Å²) in [6.45, 7) is 6.11. The lowest BCUT2D eigenvalue weighted by atomic mass is 10.2. The van der Waals surface area contributed by atoms with Crippen molar-refractivity contribution in [2.24, 2.45) is 0 Å². The molecule has 0 saturated heterocycles. The van der Waals surface area contributed by atoms with Crippen LogP contribution in [0.3, 0.4) is 0 Å². The molecule has 0 fully saturated rings. The van der Waals surface area contributed by atoms with Crippen molar-refractivity contribution >= 4 is 26.5 Å². The maximum atomic E-state index is 11.8. The highest BCUT2D eigenvalue weighted by molar-refractivity contribution is 7.43. The molecule has 0 rings (SSSR count). The fourth-order valence-electron chi connectivity index (χ4n) is 2.00. The van der Waals surface area contributed by atoms with E-state index in [0.717, 1.165) is 38.5 Å². The van der Waals surface area contributed by atoms with Gasteiger partial charge in [0.05, 0.1) is 0 Å². The molecular formula is C18H33O6P. The summed E-state index contributed by atoms with van der Waals surface area (Å²) in [7, 11) is -2.29. The van der Waals surface area contributed by atoms with Crippen LogP contribution in [0.4, 0.5) is 0 Å². The Balaban J connectivity index is 4.44. The van der Waals surface area contributed by atoms with Gasteiger partial charge in [0.15, 0.2) is 0 Å². The van der Waals surface area contributed by atoms with Crippen molar-refractivity contribution in [1.29, 1.82) is 0 Å². The van der Waals surface area contributed by atoms with Gasteiger partial charge >= 0.3 is 26.5 Å². The lowest BCUT2D eigenvalue weighted by Gasteiger charge is -2.15. The summed E-state index contributed by atoms with van der Waals surface area (Å²) in [5.74, 6) is -1.49. The second-order valence-electron chi connectivity index (χ2n) is 5.98. The highest BCUT2D eigenvalue weighted by Crippen LogP contribution is 2.41. The van der Waals surface area contributed by atoms with Gasteiger partial charge in [0.1, 0.15) is 0 Å². The molecule has 0 unspecified atom stereocenters. The first kappa shape index (κ1) is 23.8. The van der Waals surface area contributed by atoms with Gasteiger partial charge in [0.25, 0.3) is 0 Å². The van der Waals surface area contributed by atoms with Gasteiger partial charge in [0.2, 0.25) is 0 Å². The molecule has 0 bridgehead atoms. The molecule has 0 aliphatic heterocycles. The molecule has 7 heteroatoms. The number of rotatable bonds is 15. The summed E-state index contributed by atoms with van der Waals surface area (Å²) in [5, 5.41) is 0. The zero-order valence-electron chi connectivity index (χ0n) is 15.9. The Labute approximate surface area is 153 Å². The van der Waals surface area contributed by atoms with Crippen LogP contribution in [0.1, 0.15) is 97.8 Å². The summed E-state index contributed by atoms with van der Waals surface area (Å²) in [5.41, 5.74) is 0. The second-order valence-corrected chi connectivity index (χ2v) is 6.98. The second kappa shape index (κ2) is 16.3. The largest absolute Gasteiger partial charge is 0.537 e. The van der Waals surface area contributed by atoms with Gasteiger partial charge < -0.3 is 13.6 Å². The summed E-state index contributed by atoms with van der Waals surface area (Å²) >= 11 is 0. The maximum absolute atomic E-state index is 11.8. The maximum Gasteiger partial charge on any atom is 0.537 e. The molecule has 0 aliphatic rings. The molecule has 0 spiro atoms. The van der Waals surface area contributed by atoms with Crippen molar-refractivity contribution in [2.75, 3.05) is 0 Å². The van der Waals surface area contributed by atoms with Crippen molar-refractivity contribution in [3.63, 3.8) is 0 Å². The molecule has 0 aromatic rings. The van der Waals surface area contributed by atoms with Crippen molar-refractivity contribution < 1.29 is 28.0 Å². The number of carbonyl (C=O) groups excluding carboxylic acids is 3. The van der Waals surface area contributed by atoms with E-state index in [4.69, 9.17) is 13.6 Å². The third-order valence-electron chi connectivity index (χ3n) is 3.48. The van der Waals surface area contributed by atoms with Crippen LogP contribution >= 0.6 is 8.60 Å². The Bertz CT molecular complexity index is 329. The first-order valence-corrected chi connectivity index (χ1v) is 10.5. The summed E-state index contributed by atoms with van der Waals surface area (Å²) in [4.78, 5) is 35.5. The van der Waals surface area contributed by atoms with Crippen LogP contribution in [-0.2, 0) is 28.0 Å². The molecule has 0 radical (unpaired) electrons. The number of unbranched alkanes of at least 4 members (excludes halogenated alkanes) is 6. The number of carbonyl (C=O) groups is 3. The standard InChI is InChI=1S/C18H33O6P/c1-4-7-10-13-16(19)22-25(23-17(20)14-11-8-5-2)24-18(21)15-12-9-6-3/h4-15H2,1-3H3. The molecule has 6 nitrogen and oxygen atoms in total. The van der Waals surface area contributed by atoms with Crippen LogP contribution in [0.25, 0.3) is 0 Å². The molecule has 0 saturated carbocycles. The van der Waals surface area contributed by atoms with Crippen LogP contribution in [0.5, 0.6) is 0 Å². The average molecular weight is 376 g/mol. The summed E-state index contributed by atoms with van der Waals surface area (Å²) < 4.78 is 15.3. The van der Waals surface area contributed by atoms with E-state index in [2.05, 4.69) is 0 Å². The monoisotopic (exact) mass is 376 g/mol. The third kappa shape index (κ3) is 14.9. The quantitative estimate of drug-likeness (QED) is 0.274. The van der Waals surface area contributed by atoms with Crippen molar-refractivity contribution in [2.45, 2.75) is 97.8 Å². The first-order valence-electron chi connectivity index (χ1n) is 9.45. The van der Waals surface area contributed by atoms with E-state index >= 15 is 0 Å². The van der Waals surface area contributed by atoms with E-state index in [1.165, 1.54) is 0 Å². The predicted molar refractivity (Wildman–Crippen MR) is 97.6 cm³/mol. The van der Waals surface area contributed by atoms with Gasteiger partial charge in [0, 0.05) is 19.3 Å². The molecule has 0 heterocycles. The van der Waals surface area contributed by atoms with E-state index < -0.39 is 26.5 Å². The predicted octanol–water partition coefficient (Wildman–Crippen LogP) is 5.58. The summed E-state index contributed by atoms with van der Waals surface area (Å²) in [6, 6.07) is 0. The van der Waals surface area contributed by atoms with Gasteiger partial charge in [-0.05, 0) is 19.3 Å². The van der Waals surface area contributed by atoms with Crippen molar-refractivity contribution in [3.05, 3.63) is 0 Å². The fraction of sp³-hybridized carbons (Fsp3) is 0.833. The SMILES string of the molecule is CCCCCC(=O)OP(OC(=O)CCCCC)OC(=O)CCCCC. The molecule has 0 aromatic carbocycles. The highest BCUT2D eigenvalue weighted by atomic mass is 31.2. The van der Waals surface area contributed by atoms with Crippen molar-refractivity contribution in [1.82, 2.24) is 0 Å². The Kier molecular flexibility index (Phi) is 15.6. The van der Waals surface area contributed by atoms with Gasteiger partial charge in [-0.1, -0.05) is 59.3 Å². The number of hydrogen-bond acceptors (Lipinski definition) is 6. The Morgan fingerprint density at radius 1 is 0.560 bits per heavy atom. The molecule has 0 N–H and O–H groups in total. The first-order chi connectivity index (χ1) is 12.0. The Hall–Kier alpha value is -1.16. The van der Waals surface area contributed by atoms with E-state index in [0.29, 0.717) is 19.3 Å². The lowest BCUT2D eigenvalue weighted by Crippen LogP contribution is -2.11. The van der Waals surface area contributed by atoms with Crippen LogP contribution in [0, 0.1) is 0 Å². The van der Waals surface area contributed by atoms with Gasteiger partial charge in [-0.2, -0.15) is 0 Å². The molecule has 146 valence electrons. The molecule has 0 amide bonds. The van der Waals surface area contributed by atoms with Gasteiger partial charge in [-0.25, -0.2) is 0 Å². The topological polar surface area (TPSA) is 78.9 Å². The average Bonchev–Trinajstić information content (AvgIpc) is 2.55. The summed E-state index contributed by atoms with van der Waals surface area (Å²) in [6.07, 6.45) is 8.51. The smallest absolute Gasteiger partial charge is 0.375 e. The van der Waals surface area contributed by atoms with E-state index in [-0.39, 0.29) is 19.3 Å². The fourth-order valence-corrected chi connectivity index (χ4v) is 2.88. The van der Waals surface area contributed by atoms with E-state index in [1.807, 2.05) is 20.8 Å². The molecule has 0 aliphatic carbocycles. The minimum absolute atomic E-state index is 0.230. The lowest BCUT2D eigenvalue weighted by molar-refractivity contribution is -0.142. The zero-order valence-corrected chi connectivity index (χ0v) is 16.8. The van der Waals surface area contributed by atoms with Crippen LogP contribution in [0.15, 0.2) is 0 Å².